The first-order chi connectivity index (χ1) is 11.5. The lowest BCUT2D eigenvalue weighted by atomic mass is 10.0. The standard InChI is InChI=1S/C17H24ClN3O3/c1-11-9-14(15(24-2)10-12(11)18)21-16(22)6-8-20-17(23)13-5-3-4-7-19-13/h9-10,13,19H,3-8H2,1-2H3,(H,20,23)(H,21,22). The van der Waals surface area contributed by atoms with Gasteiger partial charge in [0, 0.05) is 24.1 Å². The number of halogens is 1. The quantitative estimate of drug-likeness (QED) is 0.732. The van der Waals surface area contributed by atoms with E-state index >= 15 is 0 Å². The molecule has 1 unspecified atom stereocenters. The topological polar surface area (TPSA) is 79.5 Å². The molecule has 132 valence electrons. The SMILES string of the molecule is COc1cc(Cl)c(C)cc1NC(=O)CCNC(=O)C1CCCCN1. The first-order valence-corrected chi connectivity index (χ1v) is 8.54. The molecule has 7 heteroatoms. The summed E-state index contributed by atoms with van der Waals surface area (Å²) in [5.41, 5.74) is 1.43. The summed E-state index contributed by atoms with van der Waals surface area (Å²) in [6.45, 7) is 3.03. The number of hydrogen-bond donors (Lipinski definition) is 3. The molecular formula is C17H24ClN3O3. The van der Waals surface area contributed by atoms with Crippen molar-refractivity contribution in [3.8, 4) is 5.75 Å². The van der Waals surface area contributed by atoms with Crippen LogP contribution in [0, 0.1) is 6.92 Å². The smallest absolute Gasteiger partial charge is 0.237 e. The van der Waals surface area contributed by atoms with E-state index in [-0.39, 0.29) is 24.3 Å². The number of methoxy groups -OCH3 is 1. The second-order valence-electron chi connectivity index (χ2n) is 5.89. The molecule has 1 heterocycles. The molecule has 0 bridgehead atoms. The lowest BCUT2D eigenvalue weighted by molar-refractivity contribution is -0.123. The maximum absolute atomic E-state index is 12.1. The predicted octanol–water partition coefficient (Wildman–Crippen LogP) is 2.24. The van der Waals surface area contributed by atoms with Crippen molar-refractivity contribution in [2.75, 3.05) is 25.5 Å². The highest BCUT2D eigenvalue weighted by Gasteiger charge is 2.20. The summed E-state index contributed by atoms with van der Waals surface area (Å²) in [4.78, 5) is 24.0. The van der Waals surface area contributed by atoms with Crippen LogP contribution in [0.1, 0.15) is 31.2 Å². The van der Waals surface area contributed by atoms with Crippen molar-refractivity contribution in [1.82, 2.24) is 10.6 Å². The van der Waals surface area contributed by atoms with Crippen molar-refractivity contribution in [2.24, 2.45) is 0 Å². The molecule has 1 saturated heterocycles. The van der Waals surface area contributed by atoms with Gasteiger partial charge < -0.3 is 20.7 Å². The average molecular weight is 354 g/mol. The van der Waals surface area contributed by atoms with Gasteiger partial charge >= 0.3 is 0 Å². The molecule has 3 N–H and O–H groups in total. The molecule has 2 amide bonds. The van der Waals surface area contributed by atoms with Crippen molar-refractivity contribution in [2.45, 2.75) is 38.6 Å². The van der Waals surface area contributed by atoms with Crippen LogP contribution in [-0.4, -0.2) is 38.1 Å². The highest BCUT2D eigenvalue weighted by atomic mass is 35.5. The van der Waals surface area contributed by atoms with Crippen molar-refractivity contribution >= 4 is 29.1 Å². The maximum atomic E-state index is 12.1. The number of carbonyl (C=O) groups is 2. The molecule has 1 aromatic rings. The van der Waals surface area contributed by atoms with Crippen molar-refractivity contribution < 1.29 is 14.3 Å². The number of carbonyl (C=O) groups excluding carboxylic acids is 2. The Hall–Kier alpha value is -1.79. The highest BCUT2D eigenvalue weighted by Crippen LogP contribution is 2.30. The highest BCUT2D eigenvalue weighted by molar-refractivity contribution is 6.31. The van der Waals surface area contributed by atoms with E-state index in [1.165, 1.54) is 7.11 Å². The van der Waals surface area contributed by atoms with E-state index in [2.05, 4.69) is 16.0 Å². The summed E-state index contributed by atoms with van der Waals surface area (Å²) in [7, 11) is 1.52. The molecule has 1 fully saturated rings. The summed E-state index contributed by atoms with van der Waals surface area (Å²) in [6, 6.07) is 3.30. The molecule has 1 aliphatic rings. The van der Waals surface area contributed by atoms with E-state index in [1.54, 1.807) is 12.1 Å². The molecule has 0 saturated carbocycles. The third kappa shape index (κ3) is 5.11. The van der Waals surface area contributed by atoms with Crippen LogP contribution in [0.4, 0.5) is 5.69 Å². The minimum atomic E-state index is -0.188. The van der Waals surface area contributed by atoms with E-state index in [0.29, 0.717) is 23.0 Å². The number of amides is 2. The van der Waals surface area contributed by atoms with Crippen LogP contribution in [0.3, 0.4) is 0 Å². The Morgan fingerprint density at radius 2 is 2.17 bits per heavy atom. The second-order valence-corrected chi connectivity index (χ2v) is 6.30. The van der Waals surface area contributed by atoms with Crippen LogP contribution in [0.25, 0.3) is 0 Å². The van der Waals surface area contributed by atoms with Crippen LogP contribution in [0.5, 0.6) is 5.75 Å². The van der Waals surface area contributed by atoms with Gasteiger partial charge in [0.1, 0.15) is 5.75 Å². The van der Waals surface area contributed by atoms with Gasteiger partial charge in [-0.1, -0.05) is 18.0 Å². The Kier molecular flexibility index (Phi) is 6.87. The van der Waals surface area contributed by atoms with Gasteiger partial charge in [0.2, 0.25) is 11.8 Å². The number of nitrogens with one attached hydrogen (secondary N) is 3. The van der Waals surface area contributed by atoms with Crippen LogP contribution in [-0.2, 0) is 9.59 Å². The Balaban J connectivity index is 1.81. The monoisotopic (exact) mass is 353 g/mol. The lowest BCUT2D eigenvalue weighted by Crippen LogP contribution is -2.47. The molecule has 6 nitrogen and oxygen atoms in total. The fourth-order valence-electron chi connectivity index (χ4n) is 2.64. The fourth-order valence-corrected chi connectivity index (χ4v) is 2.79. The number of anilines is 1. The minimum absolute atomic E-state index is 0.0394. The predicted molar refractivity (Wildman–Crippen MR) is 94.6 cm³/mol. The van der Waals surface area contributed by atoms with Gasteiger partial charge in [-0.3, -0.25) is 9.59 Å². The first-order valence-electron chi connectivity index (χ1n) is 8.16. The lowest BCUT2D eigenvalue weighted by Gasteiger charge is -2.22. The summed E-state index contributed by atoms with van der Waals surface area (Å²) in [5.74, 6) is 0.281. The number of rotatable bonds is 6. The van der Waals surface area contributed by atoms with Crippen molar-refractivity contribution in [3.05, 3.63) is 22.7 Å². The van der Waals surface area contributed by atoms with Gasteiger partial charge in [0.15, 0.2) is 0 Å². The largest absolute Gasteiger partial charge is 0.495 e. The molecule has 1 aliphatic heterocycles. The van der Waals surface area contributed by atoms with Gasteiger partial charge in [-0.15, -0.1) is 0 Å². The van der Waals surface area contributed by atoms with E-state index in [1.807, 2.05) is 6.92 Å². The Bertz CT molecular complexity index is 601. The summed E-state index contributed by atoms with van der Waals surface area (Å²) in [5, 5.41) is 9.36. The molecular weight excluding hydrogens is 330 g/mol. The average Bonchev–Trinajstić information content (AvgIpc) is 2.58. The van der Waals surface area contributed by atoms with E-state index in [0.717, 1.165) is 31.4 Å². The van der Waals surface area contributed by atoms with Gasteiger partial charge in [-0.05, 0) is 37.9 Å². The van der Waals surface area contributed by atoms with E-state index < -0.39 is 0 Å². The van der Waals surface area contributed by atoms with Crippen molar-refractivity contribution in [1.29, 1.82) is 0 Å². The number of hydrogen-bond acceptors (Lipinski definition) is 4. The van der Waals surface area contributed by atoms with Crippen molar-refractivity contribution in [3.63, 3.8) is 0 Å². The number of benzene rings is 1. The number of ether oxygens (including phenoxy) is 1. The Labute approximate surface area is 147 Å². The van der Waals surface area contributed by atoms with Crippen LogP contribution < -0.4 is 20.7 Å². The third-order valence-corrected chi connectivity index (χ3v) is 4.44. The molecule has 2 rings (SSSR count). The molecule has 0 aliphatic carbocycles. The van der Waals surface area contributed by atoms with Crippen LogP contribution >= 0.6 is 11.6 Å². The summed E-state index contributed by atoms with van der Waals surface area (Å²) in [6.07, 6.45) is 3.21. The first kappa shape index (κ1) is 18.5. The molecule has 0 radical (unpaired) electrons. The van der Waals surface area contributed by atoms with Gasteiger partial charge in [-0.25, -0.2) is 0 Å². The van der Waals surface area contributed by atoms with Crippen LogP contribution in [0.15, 0.2) is 12.1 Å². The van der Waals surface area contributed by atoms with Gasteiger partial charge in [0.25, 0.3) is 0 Å². The number of piperidine rings is 1. The zero-order valence-electron chi connectivity index (χ0n) is 14.1. The summed E-state index contributed by atoms with van der Waals surface area (Å²) < 4.78 is 5.23. The molecule has 1 atom stereocenters. The van der Waals surface area contributed by atoms with Gasteiger partial charge in [-0.2, -0.15) is 0 Å². The zero-order valence-corrected chi connectivity index (χ0v) is 14.8. The fraction of sp³-hybridized carbons (Fsp3) is 0.529. The normalized spacial score (nSPS) is 17.2. The molecule has 1 aromatic carbocycles. The van der Waals surface area contributed by atoms with E-state index in [9.17, 15) is 9.59 Å². The van der Waals surface area contributed by atoms with Crippen LogP contribution in [0.2, 0.25) is 5.02 Å². The Morgan fingerprint density at radius 1 is 1.38 bits per heavy atom. The molecule has 0 spiro atoms. The Morgan fingerprint density at radius 3 is 2.83 bits per heavy atom. The third-order valence-electron chi connectivity index (χ3n) is 4.03. The van der Waals surface area contributed by atoms with E-state index in [4.69, 9.17) is 16.3 Å². The second kappa shape index (κ2) is 8.89. The molecule has 24 heavy (non-hydrogen) atoms. The maximum Gasteiger partial charge on any atom is 0.237 e. The summed E-state index contributed by atoms with van der Waals surface area (Å²) >= 11 is 6.05. The minimum Gasteiger partial charge on any atom is -0.495 e. The molecule has 0 aromatic heterocycles. The zero-order chi connectivity index (χ0) is 17.5. The number of aryl methyl sites for hydroxylation is 1. The van der Waals surface area contributed by atoms with Gasteiger partial charge in [0.05, 0.1) is 18.8 Å².